The van der Waals surface area contributed by atoms with Crippen LogP contribution >= 0.6 is 12.1 Å². The minimum Gasteiger partial charge on any atom is -0.380 e. The molecule has 0 amide bonds. The van der Waals surface area contributed by atoms with Gasteiger partial charge in [0, 0.05) is 67.8 Å². The number of nitrogens with zero attached hydrogens (tertiary/aromatic N) is 4. The maximum Gasteiger partial charge on any atom is 0.143 e. The Kier molecular flexibility index (Phi) is 6.32. The van der Waals surface area contributed by atoms with Crippen molar-refractivity contribution in [3.05, 3.63) is 30.6 Å². The zero-order valence-corrected chi connectivity index (χ0v) is 17.1. The number of aryl methyl sites for hydroxylation is 1. The van der Waals surface area contributed by atoms with E-state index in [0.29, 0.717) is 24.5 Å². The van der Waals surface area contributed by atoms with Gasteiger partial charge in [-0.15, -0.1) is 0 Å². The molecule has 1 aliphatic heterocycles. The van der Waals surface area contributed by atoms with E-state index in [1.165, 1.54) is 24.8 Å². The molecule has 0 N–H and O–H groups in total. The second kappa shape index (κ2) is 9.09. The zero-order valence-electron chi connectivity index (χ0n) is 16.3. The van der Waals surface area contributed by atoms with Crippen molar-refractivity contribution in [2.75, 3.05) is 37.0 Å². The fourth-order valence-electron chi connectivity index (χ4n) is 4.20. The number of ether oxygens (including phenoxy) is 1. The van der Waals surface area contributed by atoms with E-state index in [-0.39, 0.29) is 0 Å². The van der Waals surface area contributed by atoms with Crippen molar-refractivity contribution in [3.8, 4) is 0 Å². The summed E-state index contributed by atoms with van der Waals surface area (Å²) in [6, 6.07) is 6.37. The lowest BCUT2D eigenvalue weighted by Crippen LogP contribution is -2.34. The lowest BCUT2D eigenvalue weighted by molar-refractivity contribution is 0.140. The standard InChI is InChI=1S/C21H27FN4OS/c1-25-19-6-9-23-15-18(19)17-4-5-20(24-21(17)25)26-10-7-16(8-11-26)3-2-12-27-13-14-28-22/h4-6,9,15-16H,2-3,7-8,10-14H2,1H3. The summed E-state index contributed by atoms with van der Waals surface area (Å²) in [7, 11) is 2.07. The summed E-state index contributed by atoms with van der Waals surface area (Å²) < 4.78 is 19.6. The molecule has 4 heterocycles. The number of rotatable bonds is 8. The SMILES string of the molecule is Cn1c2ccncc2c2ccc(N3CCC(CCCOCCSF)CC3)nc21. The number of hydrogen-bond donors (Lipinski definition) is 0. The largest absolute Gasteiger partial charge is 0.380 e. The van der Waals surface area contributed by atoms with Crippen molar-refractivity contribution in [3.63, 3.8) is 0 Å². The maximum atomic E-state index is 12.0. The van der Waals surface area contributed by atoms with Crippen LogP contribution in [0.25, 0.3) is 21.9 Å². The highest BCUT2D eigenvalue weighted by Crippen LogP contribution is 2.30. The Labute approximate surface area is 169 Å². The number of hydrogen-bond acceptors (Lipinski definition) is 5. The Bertz CT molecular complexity index is 923. The minimum atomic E-state index is 0.347. The summed E-state index contributed by atoms with van der Waals surface area (Å²) in [6.45, 7) is 3.36. The molecule has 5 nitrogen and oxygen atoms in total. The van der Waals surface area contributed by atoms with Crippen LogP contribution in [-0.2, 0) is 11.8 Å². The minimum absolute atomic E-state index is 0.347. The van der Waals surface area contributed by atoms with Gasteiger partial charge in [-0.1, -0.05) is 0 Å². The predicted octanol–water partition coefficient (Wildman–Crippen LogP) is 4.75. The molecular formula is C21H27FN4OS. The van der Waals surface area contributed by atoms with Gasteiger partial charge in [0.05, 0.1) is 12.1 Å². The van der Waals surface area contributed by atoms with Crippen LogP contribution in [0.2, 0.25) is 0 Å². The Morgan fingerprint density at radius 1 is 1.18 bits per heavy atom. The van der Waals surface area contributed by atoms with Crippen LogP contribution in [0.5, 0.6) is 0 Å². The number of piperidine rings is 1. The summed E-state index contributed by atoms with van der Waals surface area (Å²) in [5, 5.41) is 2.32. The number of fused-ring (bicyclic) bond motifs is 3. The van der Waals surface area contributed by atoms with Crippen LogP contribution in [0.15, 0.2) is 30.6 Å². The van der Waals surface area contributed by atoms with Crippen molar-refractivity contribution in [1.29, 1.82) is 0 Å². The second-order valence-corrected chi connectivity index (χ2v) is 8.12. The molecule has 1 aliphatic rings. The first-order valence-corrected chi connectivity index (χ1v) is 10.9. The molecule has 0 atom stereocenters. The first-order chi connectivity index (χ1) is 13.8. The third-order valence-electron chi connectivity index (χ3n) is 5.77. The quantitative estimate of drug-likeness (QED) is 0.509. The average Bonchev–Trinajstić information content (AvgIpc) is 3.03. The normalized spacial score (nSPS) is 15.7. The van der Waals surface area contributed by atoms with E-state index >= 15 is 0 Å². The lowest BCUT2D eigenvalue weighted by atomic mass is 9.92. The van der Waals surface area contributed by atoms with Gasteiger partial charge in [-0.25, -0.2) is 4.98 Å². The maximum absolute atomic E-state index is 12.0. The summed E-state index contributed by atoms with van der Waals surface area (Å²) in [5.41, 5.74) is 2.19. The fourth-order valence-corrected chi connectivity index (χ4v) is 4.38. The van der Waals surface area contributed by atoms with Crippen molar-refractivity contribution >= 4 is 39.9 Å². The average molecular weight is 403 g/mol. The Morgan fingerprint density at radius 3 is 2.86 bits per heavy atom. The van der Waals surface area contributed by atoms with Crippen LogP contribution in [0.1, 0.15) is 25.7 Å². The van der Waals surface area contributed by atoms with Gasteiger partial charge in [0.25, 0.3) is 0 Å². The van der Waals surface area contributed by atoms with Gasteiger partial charge in [0.1, 0.15) is 11.5 Å². The van der Waals surface area contributed by atoms with Gasteiger partial charge < -0.3 is 14.2 Å². The molecule has 0 saturated carbocycles. The highest BCUT2D eigenvalue weighted by Gasteiger charge is 2.21. The van der Waals surface area contributed by atoms with E-state index in [0.717, 1.165) is 54.3 Å². The molecule has 0 radical (unpaired) electrons. The predicted molar refractivity (Wildman–Crippen MR) is 115 cm³/mol. The zero-order chi connectivity index (χ0) is 19.3. The molecular weight excluding hydrogens is 375 g/mol. The van der Waals surface area contributed by atoms with E-state index in [1.54, 1.807) is 0 Å². The molecule has 0 unspecified atom stereocenters. The molecule has 3 aromatic rings. The third-order valence-corrected chi connectivity index (χ3v) is 6.09. The molecule has 0 bridgehead atoms. The highest BCUT2D eigenvalue weighted by molar-refractivity contribution is 7.94. The van der Waals surface area contributed by atoms with Gasteiger partial charge in [-0.05, 0) is 49.8 Å². The van der Waals surface area contributed by atoms with Gasteiger partial charge in [-0.2, -0.15) is 3.89 Å². The topological polar surface area (TPSA) is 43.2 Å². The highest BCUT2D eigenvalue weighted by atomic mass is 32.2. The Morgan fingerprint density at radius 2 is 2.04 bits per heavy atom. The van der Waals surface area contributed by atoms with E-state index in [9.17, 15) is 3.89 Å². The molecule has 7 heteroatoms. The smallest absolute Gasteiger partial charge is 0.143 e. The van der Waals surface area contributed by atoms with Crippen molar-refractivity contribution in [2.45, 2.75) is 25.7 Å². The summed E-state index contributed by atoms with van der Waals surface area (Å²) in [6.07, 6.45) is 8.40. The van der Waals surface area contributed by atoms with Crippen LogP contribution < -0.4 is 4.90 Å². The molecule has 0 spiro atoms. The van der Waals surface area contributed by atoms with Gasteiger partial charge in [-0.3, -0.25) is 4.98 Å². The van der Waals surface area contributed by atoms with Crippen LogP contribution in [0.3, 0.4) is 0 Å². The van der Waals surface area contributed by atoms with Gasteiger partial charge in [0.2, 0.25) is 0 Å². The summed E-state index contributed by atoms with van der Waals surface area (Å²) in [4.78, 5) is 11.6. The molecule has 28 heavy (non-hydrogen) atoms. The summed E-state index contributed by atoms with van der Waals surface area (Å²) >= 11 is 0.347. The van der Waals surface area contributed by atoms with E-state index in [1.807, 2.05) is 18.5 Å². The van der Waals surface area contributed by atoms with E-state index in [4.69, 9.17) is 9.72 Å². The van der Waals surface area contributed by atoms with Crippen LogP contribution in [-0.4, -0.2) is 46.6 Å². The lowest BCUT2D eigenvalue weighted by Gasteiger charge is -2.33. The number of halogens is 1. The number of anilines is 1. The van der Waals surface area contributed by atoms with Crippen LogP contribution in [0, 0.1) is 5.92 Å². The third kappa shape index (κ3) is 4.10. The van der Waals surface area contributed by atoms with Gasteiger partial charge >= 0.3 is 0 Å². The van der Waals surface area contributed by atoms with Crippen molar-refractivity contribution < 1.29 is 8.62 Å². The first-order valence-electron chi connectivity index (χ1n) is 10.0. The van der Waals surface area contributed by atoms with Gasteiger partial charge in [0.15, 0.2) is 0 Å². The molecule has 1 saturated heterocycles. The van der Waals surface area contributed by atoms with Crippen molar-refractivity contribution in [2.24, 2.45) is 13.0 Å². The molecule has 0 aliphatic carbocycles. The number of pyridine rings is 2. The van der Waals surface area contributed by atoms with Crippen molar-refractivity contribution in [1.82, 2.24) is 14.5 Å². The second-order valence-electron chi connectivity index (χ2n) is 7.49. The first kappa shape index (κ1) is 19.5. The Balaban J connectivity index is 1.35. The Hall–Kier alpha value is -1.86. The van der Waals surface area contributed by atoms with E-state index < -0.39 is 0 Å². The monoisotopic (exact) mass is 402 g/mol. The molecule has 0 aromatic carbocycles. The summed E-state index contributed by atoms with van der Waals surface area (Å²) in [5.74, 6) is 2.25. The van der Waals surface area contributed by atoms with Crippen LogP contribution in [0.4, 0.5) is 9.70 Å². The molecule has 150 valence electrons. The molecule has 1 fully saturated rings. The fraction of sp³-hybridized carbons (Fsp3) is 0.524. The van der Waals surface area contributed by atoms with E-state index in [2.05, 4.69) is 33.6 Å². The molecule has 3 aromatic heterocycles. The molecule has 4 rings (SSSR count). The number of aromatic nitrogens is 3.